The van der Waals surface area contributed by atoms with E-state index in [1.807, 2.05) is 36.4 Å². The first-order valence-corrected chi connectivity index (χ1v) is 6.39. The van der Waals surface area contributed by atoms with Crippen LogP contribution in [0.2, 0.25) is 0 Å². The monoisotopic (exact) mass is 253 g/mol. The normalized spacial score (nSPS) is 10.6. The molecule has 0 radical (unpaired) electrons. The molecule has 0 atom stereocenters. The average Bonchev–Trinajstić information content (AvgIpc) is 2.46. The van der Waals surface area contributed by atoms with Crippen LogP contribution in [0.1, 0.15) is 11.1 Å². The van der Waals surface area contributed by atoms with Gasteiger partial charge in [0.15, 0.2) is 0 Å². The van der Waals surface area contributed by atoms with Crippen molar-refractivity contribution in [1.82, 2.24) is 0 Å². The van der Waals surface area contributed by atoms with Gasteiger partial charge in [-0.15, -0.1) is 0 Å². The molecule has 0 fully saturated rings. The van der Waals surface area contributed by atoms with E-state index in [2.05, 4.69) is 36.5 Å². The van der Waals surface area contributed by atoms with E-state index in [1.165, 1.54) is 11.1 Å². The van der Waals surface area contributed by atoms with Crippen molar-refractivity contribution in [2.45, 2.75) is 6.92 Å². The molecule has 2 heteroatoms. The van der Waals surface area contributed by atoms with Crippen LogP contribution in [0.5, 0.6) is 5.75 Å². The number of anilines is 1. The zero-order chi connectivity index (χ0) is 13.5. The fourth-order valence-corrected chi connectivity index (χ4v) is 1.89. The quantitative estimate of drug-likeness (QED) is 0.865. The van der Waals surface area contributed by atoms with E-state index in [1.54, 1.807) is 7.11 Å². The first-order valence-electron chi connectivity index (χ1n) is 6.39. The van der Waals surface area contributed by atoms with Crippen molar-refractivity contribution >= 4 is 11.8 Å². The van der Waals surface area contributed by atoms with Gasteiger partial charge in [-0.05, 0) is 36.2 Å². The number of hydrogen-bond donors (Lipinski definition) is 1. The Kier molecular flexibility index (Phi) is 4.62. The Morgan fingerprint density at radius 3 is 2.58 bits per heavy atom. The average molecular weight is 253 g/mol. The predicted molar refractivity (Wildman–Crippen MR) is 81.7 cm³/mol. The lowest BCUT2D eigenvalue weighted by molar-refractivity contribution is 0.414. The highest BCUT2D eigenvalue weighted by molar-refractivity contribution is 5.55. The van der Waals surface area contributed by atoms with Crippen molar-refractivity contribution in [3.8, 4) is 5.75 Å². The maximum atomic E-state index is 5.19. The van der Waals surface area contributed by atoms with Crippen LogP contribution in [-0.2, 0) is 0 Å². The molecule has 0 bridgehead atoms. The van der Waals surface area contributed by atoms with Crippen molar-refractivity contribution in [2.75, 3.05) is 19.0 Å². The maximum absolute atomic E-state index is 5.19. The van der Waals surface area contributed by atoms with Gasteiger partial charge in [-0.3, -0.25) is 0 Å². The third kappa shape index (κ3) is 3.88. The highest BCUT2D eigenvalue weighted by atomic mass is 16.5. The number of hydrogen-bond acceptors (Lipinski definition) is 2. The highest BCUT2D eigenvalue weighted by Crippen LogP contribution is 2.20. The van der Waals surface area contributed by atoms with Crippen molar-refractivity contribution in [2.24, 2.45) is 0 Å². The van der Waals surface area contributed by atoms with Gasteiger partial charge in [-0.25, -0.2) is 0 Å². The summed E-state index contributed by atoms with van der Waals surface area (Å²) in [6, 6.07) is 16.3. The van der Waals surface area contributed by atoms with Crippen molar-refractivity contribution < 1.29 is 4.74 Å². The van der Waals surface area contributed by atoms with Gasteiger partial charge in [0.1, 0.15) is 5.75 Å². The number of methoxy groups -OCH3 is 1. The van der Waals surface area contributed by atoms with Gasteiger partial charge in [-0.1, -0.05) is 42.5 Å². The summed E-state index contributed by atoms with van der Waals surface area (Å²) >= 11 is 0. The molecule has 0 saturated heterocycles. The topological polar surface area (TPSA) is 21.3 Å². The van der Waals surface area contributed by atoms with E-state index in [0.717, 1.165) is 18.0 Å². The van der Waals surface area contributed by atoms with Gasteiger partial charge in [-0.2, -0.15) is 0 Å². The Labute approximate surface area is 114 Å². The summed E-state index contributed by atoms with van der Waals surface area (Å²) in [5.41, 5.74) is 3.54. The van der Waals surface area contributed by atoms with Gasteiger partial charge in [0.05, 0.1) is 7.11 Å². The Morgan fingerprint density at radius 1 is 1.11 bits per heavy atom. The van der Waals surface area contributed by atoms with Crippen molar-refractivity contribution in [1.29, 1.82) is 0 Å². The van der Waals surface area contributed by atoms with E-state index in [-0.39, 0.29) is 0 Å². The molecule has 2 rings (SSSR count). The van der Waals surface area contributed by atoms with Gasteiger partial charge < -0.3 is 10.1 Å². The van der Waals surface area contributed by atoms with E-state index in [9.17, 15) is 0 Å². The van der Waals surface area contributed by atoms with Crippen LogP contribution >= 0.6 is 0 Å². The Hall–Kier alpha value is -2.22. The Morgan fingerprint density at radius 2 is 1.89 bits per heavy atom. The fourth-order valence-electron chi connectivity index (χ4n) is 1.89. The minimum absolute atomic E-state index is 0.808. The number of nitrogens with one attached hydrogen (secondary N) is 1. The Bertz CT molecular complexity index is 546. The van der Waals surface area contributed by atoms with Crippen LogP contribution in [0, 0.1) is 6.92 Å². The summed E-state index contributed by atoms with van der Waals surface area (Å²) in [6.07, 6.45) is 4.24. The molecule has 0 aliphatic rings. The summed E-state index contributed by atoms with van der Waals surface area (Å²) in [5, 5.41) is 3.39. The smallest absolute Gasteiger partial charge is 0.119 e. The van der Waals surface area contributed by atoms with Crippen molar-refractivity contribution in [3.05, 3.63) is 65.7 Å². The SMILES string of the molecule is COc1ccc(NC/C=C/c2ccccc2)c(C)c1. The fraction of sp³-hybridized carbons (Fsp3) is 0.176. The second-order valence-electron chi connectivity index (χ2n) is 4.37. The molecule has 0 aliphatic heterocycles. The van der Waals surface area contributed by atoms with Crippen LogP contribution in [0.25, 0.3) is 6.08 Å². The van der Waals surface area contributed by atoms with Gasteiger partial charge in [0.2, 0.25) is 0 Å². The molecule has 2 nitrogen and oxygen atoms in total. The zero-order valence-electron chi connectivity index (χ0n) is 11.4. The summed E-state index contributed by atoms with van der Waals surface area (Å²) < 4.78 is 5.19. The summed E-state index contributed by atoms with van der Waals surface area (Å²) in [5.74, 6) is 0.892. The lowest BCUT2D eigenvalue weighted by atomic mass is 10.2. The second kappa shape index (κ2) is 6.64. The van der Waals surface area contributed by atoms with Gasteiger partial charge in [0, 0.05) is 12.2 Å². The van der Waals surface area contributed by atoms with E-state index < -0.39 is 0 Å². The molecule has 1 N–H and O–H groups in total. The molecule has 0 aromatic heterocycles. The molecular formula is C17H19NO. The standard InChI is InChI=1S/C17H19NO/c1-14-13-16(19-2)10-11-17(14)18-12-6-9-15-7-4-3-5-8-15/h3-11,13,18H,12H2,1-2H3/b9-6+. The molecule has 0 aliphatic carbocycles. The molecule has 19 heavy (non-hydrogen) atoms. The molecule has 0 saturated carbocycles. The maximum Gasteiger partial charge on any atom is 0.119 e. The number of rotatable bonds is 5. The Balaban J connectivity index is 1.91. The largest absolute Gasteiger partial charge is 0.497 e. The molecule has 0 spiro atoms. The highest BCUT2D eigenvalue weighted by Gasteiger charge is 1.98. The second-order valence-corrected chi connectivity index (χ2v) is 4.37. The minimum atomic E-state index is 0.808. The van der Waals surface area contributed by atoms with Gasteiger partial charge in [0.25, 0.3) is 0 Å². The van der Waals surface area contributed by atoms with Crippen LogP contribution in [-0.4, -0.2) is 13.7 Å². The number of aryl methyl sites for hydroxylation is 1. The molecule has 0 heterocycles. The van der Waals surface area contributed by atoms with E-state index >= 15 is 0 Å². The molecule has 2 aromatic carbocycles. The number of ether oxygens (including phenoxy) is 1. The van der Waals surface area contributed by atoms with Crippen LogP contribution < -0.4 is 10.1 Å². The molecule has 0 amide bonds. The first kappa shape index (κ1) is 13.2. The van der Waals surface area contributed by atoms with Crippen molar-refractivity contribution in [3.63, 3.8) is 0 Å². The molecule has 0 unspecified atom stereocenters. The first-order chi connectivity index (χ1) is 9.29. The predicted octanol–water partition coefficient (Wildman–Crippen LogP) is 4.13. The minimum Gasteiger partial charge on any atom is -0.497 e. The third-order valence-corrected chi connectivity index (χ3v) is 2.95. The summed E-state index contributed by atoms with van der Waals surface area (Å²) in [7, 11) is 1.68. The number of benzene rings is 2. The summed E-state index contributed by atoms with van der Waals surface area (Å²) in [6.45, 7) is 2.88. The third-order valence-electron chi connectivity index (χ3n) is 2.95. The van der Waals surface area contributed by atoms with E-state index in [0.29, 0.717) is 0 Å². The molecule has 98 valence electrons. The van der Waals surface area contributed by atoms with E-state index in [4.69, 9.17) is 4.74 Å². The lowest BCUT2D eigenvalue weighted by Crippen LogP contribution is -2.00. The van der Waals surface area contributed by atoms with Gasteiger partial charge >= 0.3 is 0 Å². The molecular weight excluding hydrogens is 234 g/mol. The zero-order valence-corrected chi connectivity index (χ0v) is 11.4. The summed E-state index contributed by atoms with van der Waals surface area (Å²) in [4.78, 5) is 0. The lowest BCUT2D eigenvalue weighted by Gasteiger charge is -2.09. The van der Waals surface area contributed by atoms with Crippen LogP contribution in [0.4, 0.5) is 5.69 Å². The van der Waals surface area contributed by atoms with Crippen LogP contribution in [0.3, 0.4) is 0 Å². The van der Waals surface area contributed by atoms with Crippen LogP contribution in [0.15, 0.2) is 54.6 Å². The molecule has 2 aromatic rings.